The van der Waals surface area contributed by atoms with Gasteiger partial charge >= 0.3 is 0 Å². The quantitative estimate of drug-likeness (QED) is 0.802. The number of nitrogens with one attached hydrogen (secondary N) is 2. The second kappa shape index (κ2) is 6.72. The normalized spacial score (nSPS) is 26.9. The summed E-state index contributed by atoms with van der Waals surface area (Å²) in [6.45, 7) is 0.786. The molecule has 2 nitrogen and oxygen atoms in total. The summed E-state index contributed by atoms with van der Waals surface area (Å²) in [5, 5.41) is 8.94. The number of hydrogen-bond acceptors (Lipinski definition) is 1. The lowest BCUT2D eigenvalue weighted by Crippen LogP contribution is -2.44. The van der Waals surface area contributed by atoms with E-state index in [1.165, 1.54) is 25.7 Å². The van der Waals surface area contributed by atoms with Gasteiger partial charge in [-0.15, -0.1) is 0 Å². The Kier molecular flexibility index (Phi) is 4.92. The third-order valence-electron chi connectivity index (χ3n) is 4.75. The van der Waals surface area contributed by atoms with Crippen LogP contribution in [0.1, 0.15) is 31.2 Å². The van der Waals surface area contributed by atoms with E-state index in [1.54, 1.807) is 6.07 Å². The van der Waals surface area contributed by atoms with Gasteiger partial charge in [-0.25, -0.2) is 0 Å². The highest BCUT2D eigenvalue weighted by Crippen LogP contribution is 2.44. The van der Waals surface area contributed by atoms with Crippen LogP contribution in [0.25, 0.3) is 0 Å². The summed E-state index contributed by atoms with van der Waals surface area (Å²) in [6, 6.07) is 6.21. The SMILES string of the molecule is S=C(NCCc1ccc(Cl)cc1Cl)N[C@@H]1C[C@H]2CC[C@H]1C2. The molecule has 1 aromatic carbocycles. The van der Waals surface area contributed by atoms with Crippen molar-refractivity contribution in [1.29, 1.82) is 0 Å². The van der Waals surface area contributed by atoms with Gasteiger partial charge in [0.1, 0.15) is 0 Å². The smallest absolute Gasteiger partial charge is 0.166 e. The van der Waals surface area contributed by atoms with Crippen LogP contribution in [0.2, 0.25) is 10.0 Å². The summed E-state index contributed by atoms with van der Waals surface area (Å²) in [5.74, 6) is 1.77. The Morgan fingerprint density at radius 3 is 2.76 bits per heavy atom. The van der Waals surface area contributed by atoms with Gasteiger partial charge in [0.2, 0.25) is 0 Å². The van der Waals surface area contributed by atoms with E-state index in [1.807, 2.05) is 12.1 Å². The molecule has 0 spiro atoms. The molecule has 114 valence electrons. The van der Waals surface area contributed by atoms with Crippen LogP contribution in [-0.4, -0.2) is 17.7 Å². The lowest BCUT2D eigenvalue weighted by Gasteiger charge is -2.24. The van der Waals surface area contributed by atoms with Crippen LogP contribution in [0.15, 0.2) is 18.2 Å². The van der Waals surface area contributed by atoms with E-state index in [9.17, 15) is 0 Å². The first-order valence-electron chi connectivity index (χ1n) is 7.60. The van der Waals surface area contributed by atoms with E-state index in [2.05, 4.69) is 10.6 Å². The van der Waals surface area contributed by atoms with Crippen molar-refractivity contribution in [3.05, 3.63) is 33.8 Å². The van der Waals surface area contributed by atoms with Crippen molar-refractivity contribution in [3.8, 4) is 0 Å². The van der Waals surface area contributed by atoms with E-state index in [0.29, 0.717) is 11.1 Å². The Labute approximate surface area is 141 Å². The molecule has 2 N–H and O–H groups in total. The first-order valence-corrected chi connectivity index (χ1v) is 8.76. The maximum atomic E-state index is 6.16. The average molecular weight is 343 g/mol. The van der Waals surface area contributed by atoms with Gasteiger partial charge in [0.25, 0.3) is 0 Å². The van der Waals surface area contributed by atoms with Gasteiger partial charge in [0.15, 0.2) is 5.11 Å². The fourth-order valence-corrected chi connectivity index (χ4v) is 4.43. The highest BCUT2D eigenvalue weighted by molar-refractivity contribution is 7.80. The van der Waals surface area contributed by atoms with E-state index in [-0.39, 0.29) is 0 Å². The van der Waals surface area contributed by atoms with E-state index in [0.717, 1.165) is 40.5 Å². The number of hydrogen-bond donors (Lipinski definition) is 2. The Balaban J connectivity index is 1.42. The molecule has 0 amide bonds. The lowest BCUT2D eigenvalue weighted by molar-refractivity contribution is 0.389. The van der Waals surface area contributed by atoms with Crippen LogP contribution in [0.5, 0.6) is 0 Å². The number of rotatable bonds is 4. The molecule has 0 saturated heterocycles. The molecule has 2 fully saturated rings. The number of benzene rings is 1. The van der Waals surface area contributed by atoms with Crippen LogP contribution in [-0.2, 0) is 6.42 Å². The third-order valence-corrected chi connectivity index (χ3v) is 5.60. The molecule has 0 unspecified atom stereocenters. The summed E-state index contributed by atoms with van der Waals surface area (Å²) in [6.07, 6.45) is 6.30. The molecule has 1 aromatic rings. The van der Waals surface area contributed by atoms with Crippen molar-refractivity contribution >= 4 is 40.5 Å². The maximum Gasteiger partial charge on any atom is 0.166 e. The predicted molar refractivity (Wildman–Crippen MR) is 93.1 cm³/mol. The summed E-state index contributed by atoms with van der Waals surface area (Å²) in [4.78, 5) is 0. The Bertz CT molecular complexity index is 535. The van der Waals surface area contributed by atoms with E-state index >= 15 is 0 Å². The summed E-state index contributed by atoms with van der Waals surface area (Å²) >= 11 is 17.5. The van der Waals surface area contributed by atoms with Gasteiger partial charge in [-0.1, -0.05) is 35.7 Å². The van der Waals surface area contributed by atoms with Crippen LogP contribution >= 0.6 is 35.4 Å². The molecule has 21 heavy (non-hydrogen) atoms. The second-order valence-electron chi connectivity index (χ2n) is 6.17. The molecule has 5 heteroatoms. The van der Waals surface area contributed by atoms with Crippen molar-refractivity contribution in [2.24, 2.45) is 11.8 Å². The number of halogens is 2. The molecule has 2 bridgehead atoms. The molecule has 0 heterocycles. The van der Waals surface area contributed by atoms with Gasteiger partial charge in [0.05, 0.1) is 0 Å². The van der Waals surface area contributed by atoms with E-state index in [4.69, 9.17) is 35.4 Å². The van der Waals surface area contributed by atoms with Crippen molar-refractivity contribution in [3.63, 3.8) is 0 Å². The second-order valence-corrected chi connectivity index (χ2v) is 7.42. The first kappa shape index (κ1) is 15.4. The van der Waals surface area contributed by atoms with Crippen molar-refractivity contribution in [2.45, 2.75) is 38.1 Å². The minimum absolute atomic E-state index is 0.586. The average Bonchev–Trinajstić information content (AvgIpc) is 3.03. The van der Waals surface area contributed by atoms with Crippen LogP contribution in [0.3, 0.4) is 0 Å². The molecule has 0 aromatic heterocycles. The zero-order valence-electron chi connectivity index (χ0n) is 11.9. The summed E-state index contributed by atoms with van der Waals surface area (Å²) < 4.78 is 0. The van der Waals surface area contributed by atoms with Crippen LogP contribution in [0, 0.1) is 11.8 Å². The first-order chi connectivity index (χ1) is 10.1. The molecule has 2 saturated carbocycles. The van der Waals surface area contributed by atoms with E-state index < -0.39 is 0 Å². The topological polar surface area (TPSA) is 24.1 Å². The molecule has 0 aliphatic heterocycles. The van der Waals surface area contributed by atoms with Gasteiger partial charge in [-0.2, -0.15) is 0 Å². The Morgan fingerprint density at radius 1 is 1.24 bits per heavy atom. The molecule has 0 radical (unpaired) electrons. The van der Waals surface area contributed by atoms with Gasteiger partial charge in [-0.05, 0) is 67.4 Å². The molecular weight excluding hydrogens is 323 g/mol. The van der Waals surface area contributed by atoms with Gasteiger partial charge < -0.3 is 10.6 Å². The highest BCUT2D eigenvalue weighted by atomic mass is 35.5. The predicted octanol–water partition coefficient (Wildman–Crippen LogP) is 4.19. The largest absolute Gasteiger partial charge is 0.362 e. The fraction of sp³-hybridized carbons (Fsp3) is 0.562. The van der Waals surface area contributed by atoms with Crippen molar-refractivity contribution in [1.82, 2.24) is 10.6 Å². The number of thiocarbonyl (C=S) groups is 1. The lowest BCUT2D eigenvalue weighted by atomic mass is 9.96. The Hall–Kier alpha value is -0.510. The van der Waals surface area contributed by atoms with Gasteiger partial charge in [0, 0.05) is 22.6 Å². The van der Waals surface area contributed by atoms with Crippen molar-refractivity contribution in [2.75, 3.05) is 6.54 Å². The molecule has 3 rings (SSSR count). The zero-order valence-corrected chi connectivity index (χ0v) is 14.2. The van der Waals surface area contributed by atoms with Crippen LogP contribution in [0.4, 0.5) is 0 Å². The number of fused-ring (bicyclic) bond motifs is 2. The maximum absolute atomic E-state index is 6.16. The molecule has 2 aliphatic rings. The molecule has 3 atom stereocenters. The molecule has 2 aliphatic carbocycles. The monoisotopic (exact) mass is 342 g/mol. The summed E-state index contributed by atoms with van der Waals surface area (Å²) in [5.41, 5.74) is 1.09. The standard InChI is InChI=1S/C16H20Cl2N2S/c17-13-4-3-11(14(18)9-13)5-6-19-16(21)20-15-8-10-1-2-12(15)7-10/h3-4,9-10,12,15H,1-2,5-8H2,(H2,19,20,21)/t10-,12-,15+/m0/s1. The van der Waals surface area contributed by atoms with Crippen molar-refractivity contribution < 1.29 is 0 Å². The fourth-order valence-electron chi connectivity index (χ4n) is 3.68. The highest BCUT2D eigenvalue weighted by Gasteiger charge is 2.39. The zero-order chi connectivity index (χ0) is 14.8. The minimum atomic E-state index is 0.586. The summed E-state index contributed by atoms with van der Waals surface area (Å²) in [7, 11) is 0. The van der Waals surface area contributed by atoms with Crippen LogP contribution < -0.4 is 10.6 Å². The Morgan fingerprint density at radius 2 is 2.10 bits per heavy atom. The molecular formula is C16H20Cl2N2S. The minimum Gasteiger partial charge on any atom is -0.362 e. The third kappa shape index (κ3) is 3.82. The van der Waals surface area contributed by atoms with Gasteiger partial charge in [-0.3, -0.25) is 0 Å².